The summed E-state index contributed by atoms with van der Waals surface area (Å²) in [7, 11) is 0. The molecule has 1 atom stereocenters. The molecule has 86 valence electrons. The number of nitro groups is 1. The molecule has 0 N–H and O–H groups in total. The van der Waals surface area contributed by atoms with Crippen LogP contribution in [-0.2, 0) is 4.79 Å². The highest BCUT2D eigenvalue weighted by Gasteiger charge is 2.19. The van der Waals surface area contributed by atoms with E-state index in [1.54, 1.807) is 20.8 Å². The van der Waals surface area contributed by atoms with E-state index in [1.807, 2.05) is 0 Å². The number of aromatic nitrogens is 1. The van der Waals surface area contributed by atoms with Crippen LogP contribution in [0.5, 0.6) is 0 Å². The Morgan fingerprint density at radius 1 is 1.62 bits per heavy atom. The van der Waals surface area contributed by atoms with Crippen LogP contribution in [0.1, 0.15) is 37.4 Å². The Kier molecular flexibility index (Phi) is 3.71. The largest absolute Gasteiger partial charge is 0.299 e. The zero-order valence-corrected chi connectivity index (χ0v) is 9.56. The number of aryl methyl sites for hydroxylation is 1. The summed E-state index contributed by atoms with van der Waals surface area (Å²) in [5, 5.41) is 10.7. The van der Waals surface area contributed by atoms with Crippen molar-refractivity contribution < 1.29 is 9.72 Å². The molecule has 0 amide bonds. The first-order chi connectivity index (χ1) is 7.47. The Balaban J connectivity index is 3.12. The average Bonchev–Trinajstić information content (AvgIpc) is 2.27. The lowest BCUT2D eigenvalue weighted by Gasteiger charge is -2.08. The third-order valence-corrected chi connectivity index (χ3v) is 2.57. The van der Waals surface area contributed by atoms with E-state index in [0.29, 0.717) is 17.7 Å². The summed E-state index contributed by atoms with van der Waals surface area (Å²) in [6.07, 6.45) is 1.84. The molecular weight excluding hydrogens is 208 g/mol. The number of ketones is 1. The second-order valence-corrected chi connectivity index (χ2v) is 3.69. The summed E-state index contributed by atoms with van der Waals surface area (Å²) < 4.78 is 0. The van der Waals surface area contributed by atoms with E-state index in [4.69, 9.17) is 0 Å². The zero-order chi connectivity index (χ0) is 12.3. The Labute approximate surface area is 93.7 Å². The minimum Gasteiger partial charge on any atom is -0.299 e. The molecule has 0 saturated heterocycles. The molecule has 1 heterocycles. The van der Waals surface area contributed by atoms with Crippen LogP contribution in [0.4, 0.5) is 5.69 Å². The molecule has 5 nitrogen and oxygen atoms in total. The van der Waals surface area contributed by atoms with Crippen molar-refractivity contribution in [3.05, 3.63) is 33.6 Å². The lowest BCUT2D eigenvalue weighted by molar-refractivity contribution is -0.385. The van der Waals surface area contributed by atoms with Crippen molar-refractivity contribution in [3.8, 4) is 0 Å². The van der Waals surface area contributed by atoms with Crippen molar-refractivity contribution in [2.24, 2.45) is 0 Å². The Hall–Kier alpha value is -1.78. The molecule has 0 bridgehead atoms. The highest BCUT2D eigenvalue weighted by atomic mass is 16.6. The van der Waals surface area contributed by atoms with Crippen molar-refractivity contribution >= 4 is 11.5 Å². The Morgan fingerprint density at radius 2 is 2.25 bits per heavy atom. The van der Waals surface area contributed by atoms with Crippen LogP contribution in [0.2, 0.25) is 0 Å². The first kappa shape index (κ1) is 12.3. The van der Waals surface area contributed by atoms with Gasteiger partial charge in [-0.25, -0.2) is 0 Å². The van der Waals surface area contributed by atoms with Gasteiger partial charge in [-0.3, -0.25) is 19.9 Å². The van der Waals surface area contributed by atoms with Gasteiger partial charge in [0.2, 0.25) is 0 Å². The molecule has 0 aliphatic rings. The predicted molar refractivity (Wildman–Crippen MR) is 59.3 cm³/mol. The first-order valence-corrected chi connectivity index (χ1v) is 5.11. The molecular formula is C11H14N2O3. The monoisotopic (exact) mass is 222 g/mol. The highest BCUT2D eigenvalue weighted by Crippen LogP contribution is 2.23. The van der Waals surface area contributed by atoms with Crippen LogP contribution in [0.3, 0.4) is 0 Å². The molecule has 5 heteroatoms. The van der Waals surface area contributed by atoms with Crippen LogP contribution in [0.25, 0.3) is 0 Å². The average molecular weight is 222 g/mol. The molecule has 0 aromatic carbocycles. The molecule has 0 saturated carbocycles. The lowest BCUT2D eigenvalue weighted by Crippen LogP contribution is -2.10. The molecule has 1 rings (SSSR count). The fourth-order valence-electron chi connectivity index (χ4n) is 1.43. The first-order valence-electron chi connectivity index (χ1n) is 5.11. The van der Waals surface area contributed by atoms with E-state index in [2.05, 4.69) is 4.98 Å². The smallest absolute Gasteiger partial charge is 0.275 e. The minimum atomic E-state index is -0.455. The van der Waals surface area contributed by atoms with E-state index >= 15 is 0 Å². The van der Waals surface area contributed by atoms with Gasteiger partial charge in [-0.05, 0) is 13.8 Å². The number of hydrogen-bond donors (Lipinski definition) is 0. The maximum absolute atomic E-state index is 11.5. The Morgan fingerprint density at radius 3 is 2.75 bits per heavy atom. The summed E-state index contributed by atoms with van der Waals surface area (Å²) in [6, 6.07) is 1.38. The van der Waals surface area contributed by atoms with Gasteiger partial charge in [0.1, 0.15) is 5.78 Å². The second kappa shape index (κ2) is 4.83. The number of Topliss-reactive ketones (excluding diaryl/α,β-unsaturated/α-hetero) is 1. The molecule has 16 heavy (non-hydrogen) atoms. The quantitative estimate of drug-likeness (QED) is 0.579. The summed E-state index contributed by atoms with van der Waals surface area (Å²) in [5.74, 6) is -0.352. The van der Waals surface area contributed by atoms with Gasteiger partial charge in [0.05, 0.1) is 16.5 Å². The maximum Gasteiger partial charge on any atom is 0.275 e. The third kappa shape index (κ3) is 2.42. The highest BCUT2D eigenvalue weighted by molar-refractivity contribution is 5.84. The van der Waals surface area contributed by atoms with E-state index in [-0.39, 0.29) is 17.4 Å². The molecule has 1 unspecified atom stereocenters. The molecule has 1 aromatic heterocycles. The van der Waals surface area contributed by atoms with Gasteiger partial charge >= 0.3 is 0 Å². The van der Waals surface area contributed by atoms with Crippen molar-refractivity contribution in [2.45, 2.75) is 33.1 Å². The predicted octanol–water partition coefficient (Wildman–Crippen LogP) is 2.38. The van der Waals surface area contributed by atoms with E-state index in [1.165, 1.54) is 12.3 Å². The summed E-state index contributed by atoms with van der Waals surface area (Å²) in [5.41, 5.74) is 0.981. The summed E-state index contributed by atoms with van der Waals surface area (Å²) >= 11 is 0. The fraction of sp³-hybridized carbons (Fsp3) is 0.455. The van der Waals surface area contributed by atoms with Gasteiger partial charge in [0, 0.05) is 24.2 Å². The van der Waals surface area contributed by atoms with E-state index in [0.717, 1.165) is 0 Å². The van der Waals surface area contributed by atoms with Crippen LogP contribution in [0.15, 0.2) is 12.3 Å². The van der Waals surface area contributed by atoms with Gasteiger partial charge in [-0.2, -0.15) is 0 Å². The second-order valence-electron chi connectivity index (χ2n) is 3.69. The third-order valence-electron chi connectivity index (χ3n) is 2.57. The molecule has 0 aliphatic carbocycles. The summed E-state index contributed by atoms with van der Waals surface area (Å²) in [4.78, 5) is 25.8. The van der Waals surface area contributed by atoms with Crippen LogP contribution in [0, 0.1) is 17.0 Å². The van der Waals surface area contributed by atoms with Gasteiger partial charge in [0.15, 0.2) is 0 Å². The number of nitrogens with zero attached hydrogens (tertiary/aromatic N) is 2. The topological polar surface area (TPSA) is 73.1 Å². The van der Waals surface area contributed by atoms with Crippen molar-refractivity contribution in [1.29, 1.82) is 0 Å². The van der Waals surface area contributed by atoms with E-state index < -0.39 is 4.92 Å². The minimum absolute atomic E-state index is 0.0146. The number of rotatable bonds is 4. The zero-order valence-electron chi connectivity index (χ0n) is 9.56. The Bertz CT molecular complexity index is 429. The number of carbonyl (C=O) groups excluding carboxylic acids is 1. The van der Waals surface area contributed by atoms with Gasteiger partial charge in [-0.15, -0.1) is 0 Å². The maximum atomic E-state index is 11.5. The van der Waals surface area contributed by atoms with E-state index in [9.17, 15) is 14.9 Å². The van der Waals surface area contributed by atoms with Crippen molar-refractivity contribution in [2.75, 3.05) is 0 Å². The number of carbonyl (C=O) groups is 1. The number of hydrogen-bond acceptors (Lipinski definition) is 4. The molecule has 0 radical (unpaired) electrons. The SMILES string of the molecule is CCC(=O)C(C)c1cc([N+](=O)[O-])c(C)cn1. The van der Waals surface area contributed by atoms with Gasteiger partial charge in [-0.1, -0.05) is 6.92 Å². The van der Waals surface area contributed by atoms with Crippen molar-refractivity contribution in [3.63, 3.8) is 0 Å². The van der Waals surface area contributed by atoms with Crippen LogP contribution in [-0.4, -0.2) is 15.7 Å². The van der Waals surface area contributed by atoms with Crippen molar-refractivity contribution in [1.82, 2.24) is 4.98 Å². The fourth-order valence-corrected chi connectivity index (χ4v) is 1.43. The normalized spacial score (nSPS) is 12.2. The molecule has 0 fully saturated rings. The molecule has 0 spiro atoms. The summed E-state index contributed by atoms with van der Waals surface area (Å²) in [6.45, 7) is 5.11. The van der Waals surface area contributed by atoms with Crippen LogP contribution < -0.4 is 0 Å². The number of pyridine rings is 1. The van der Waals surface area contributed by atoms with Crippen LogP contribution >= 0.6 is 0 Å². The molecule has 0 aliphatic heterocycles. The van der Waals surface area contributed by atoms with Gasteiger partial charge in [0.25, 0.3) is 5.69 Å². The standard InChI is InChI=1S/C11H14N2O3/c1-4-11(14)8(3)9-5-10(13(15)16)7(2)6-12-9/h5-6,8H,4H2,1-3H3. The lowest BCUT2D eigenvalue weighted by atomic mass is 9.99. The molecule has 1 aromatic rings. The van der Waals surface area contributed by atoms with Gasteiger partial charge < -0.3 is 0 Å².